The lowest BCUT2D eigenvalue weighted by molar-refractivity contribution is 0.429. The molecule has 2 aromatic rings. The van der Waals surface area contributed by atoms with Gasteiger partial charge in [-0.25, -0.2) is 9.37 Å². The van der Waals surface area contributed by atoms with Gasteiger partial charge in [0.2, 0.25) is 5.88 Å². The van der Waals surface area contributed by atoms with Gasteiger partial charge >= 0.3 is 0 Å². The van der Waals surface area contributed by atoms with Gasteiger partial charge in [0.1, 0.15) is 0 Å². The van der Waals surface area contributed by atoms with Crippen LogP contribution in [-0.2, 0) is 0 Å². The second-order valence-corrected chi connectivity index (χ2v) is 3.38. The van der Waals surface area contributed by atoms with Crippen molar-refractivity contribution in [1.29, 1.82) is 0 Å². The Labute approximate surface area is 92.7 Å². The average molecular weight is 218 g/mol. The lowest BCUT2D eigenvalue weighted by Crippen LogP contribution is -1.96. The SMILES string of the molecule is Cc1cccc(Oc2c(N)cccc2F)n1. The summed E-state index contributed by atoms with van der Waals surface area (Å²) in [5.74, 6) is -0.152. The maximum absolute atomic E-state index is 13.4. The second-order valence-electron chi connectivity index (χ2n) is 3.38. The van der Waals surface area contributed by atoms with Crippen molar-refractivity contribution < 1.29 is 9.13 Å². The molecule has 0 radical (unpaired) electrons. The highest BCUT2D eigenvalue weighted by Gasteiger charge is 2.08. The van der Waals surface area contributed by atoms with Gasteiger partial charge in [-0.05, 0) is 25.1 Å². The first-order valence-electron chi connectivity index (χ1n) is 4.82. The number of aryl methyl sites for hydroxylation is 1. The number of rotatable bonds is 2. The third-order valence-corrected chi connectivity index (χ3v) is 2.07. The average Bonchev–Trinajstić information content (AvgIpc) is 2.24. The molecule has 0 bridgehead atoms. The maximum atomic E-state index is 13.4. The Morgan fingerprint density at radius 3 is 2.62 bits per heavy atom. The van der Waals surface area contributed by atoms with Crippen LogP contribution in [0.5, 0.6) is 11.6 Å². The minimum absolute atomic E-state index is 0.0144. The molecule has 0 unspecified atom stereocenters. The molecule has 16 heavy (non-hydrogen) atoms. The van der Waals surface area contributed by atoms with Crippen molar-refractivity contribution in [3.63, 3.8) is 0 Å². The van der Waals surface area contributed by atoms with Crippen LogP contribution in [0.15, 0.2) is 36.4 Å². The molecule has 0 amide bonds. The number of nitrogens with zero attached hydrogens (tertiary/aromatic N) is 1. The summed E-state index contributed by atoms with van der Waals surface area (Å²) < 4.78 is 18.7. The molecular formula is C12H11FN2O. The van der Waals surface area contributed by atoms with Crippen molar-refractivity contribution in [1.82, 2.24) is 4.98 Å². The van der Waals surface area contributed by atoms with Crippen molar-refractivity contribution in [3.05, 3.63) is 47.9 Å². The van der Waals surface area contributed by atoms with Crippen LogP contribution < -0.4 is 10.5 Å². The molecule has 0 aliphatic carbocycles. The van der Waals surface area contributed by atoms with Gasteiger partial charge in [0, 0.05) is 11.8 Å². The van der Waals surface area contributed by atoms with Gasteiger partial charge in [-0.3, -0.25) is 0 Å². The number of anilines is 1. The van der Waals surface area contributed by atoms with Crippen LogP contribution in [0.2, 0.25) is 0 Å². The highest BCUT2D eigenvalue weighted by Crippen LogP contribution is 2.28. The summed E-state index contributed by atoms with van der Waals surface area (Å²) in [4.78, 5) is 4.11. The normalized spacial score (nSPS) is 10.1. The van der Waals surface area contributed by atoms with Crippen molar-refractivity contribution in [2.24, 2.45) is 0 Å². The summed E-state index contributed by atoms with van der Waals surface area (Å²) in [5, 5.41) is 0. The van der Waals surface area contributed by atoms with Crippen LogP contribution in [0.3, 0.4) is 0 Å². The van der Waals surface area contributed by atoms with Gasteiger partial charge in [-0.2, -0.15) is 0 Å². The summed E-state index contributed by atoms with van der Waals surface area (Å²) in [6.07, 6.45) is 0. The molecule has 1 heterocycles. The van der Waals surface area contributed by atoms with Crippen molar-refractivity contribution in [3.8, 4) is 11.6 Å². The summed E-state index contributed by atoms with van der Waals surface area (Å²) in [6.45, 7) is 1.83. The summed E-state index contributed by atoms with van der Waals surface area (Å²) in [7, 11) is 0. The first-order valence-corrected chi connectivity index (χ1v) is 4.82. The molecule has 2 rings (SSSR count). The molecule has 3 nitrogen and oxygen atoms in total. The van der Waals surface area contributed by atoms with E-state index in [9.17, 15) is 4.39 Å². The van der Waals surface area contributed by atoms with E-state index in [1.54, 1.807) is 18.2 Å². The topological polar surface area (TPSA) is 48.1 Å². The van der Waals surface area contributed by atoms with E-state index in [1.807, 2.05) is 13.0 Å². The monoisotopic (exact) mass is 218 g/mol. The standard InChI is InChI=1S/C12H11FN2O/c1-8-4-2-7-11(15-8)16-12-9(13)5-3-6-10(12)14/h2-7H,14H2,1H3. The van der Waals surface area contributed by atoms with Gasteiger partial charge in [-0.15, -0.1) is 0 Å². The smallest absolute Gasteiger partial charge is 0.219 e. The second kappa shape index (κ2) is 4.18. The molecule has 1 aromatic heterocycles. The Kier molecular flexibility index (Phi) is 2.72. The molecular weight excluding hydrogens is 207 g/mol. The molecule has 0 aliphatic rings. The molecule has 4 heteroatoms. The van der Waals surface area contributed by atoms with E-state index in [0.717, 1.165) is 5.69 Å². The molecule has 0 aliphatic heterocycles. The lowest BCUT2D eigenvalue weighted by Gasteiger charge is -2.08. The minimum Gasteiger partial charge on any atom is -0.434 e. The number of para-hydroxylation sites is 1. The van der Waals surface area contributed by atoms with Gasteiger partial charge in [0.15, 0.2) is 11.6 Å². The quantitative estimate of drug-likeness (QED) is 0.788. The number of halogens is 1. The van der Waals surface area contributed by atoms with E-state index in [-0.39, 0.29) is 11.4 Å². The molecule has 0 spiro atoms. The third-order valence-electron chi connectivity index (χ3n) is 2.07. The Bertz CT molecular complexity index is 494. The molecule has 0 fully saturated rings. The first-order chi connectivity index (χ1) is 7.66. The Hall–Kier alpha value is -2.10. The Balaban J connectivity index is 2.34. The van der Waals surface area contributed by atoms with Crippen LogP contribution in [0.1, 0.15) is 5.69 Å². The summed E-state index contributed by atoms with van der Waals surface area (Å²) in [5.41, 5.74) is 6.67. The van der Waals surface area contributed by atoms with E-state index < -0.39 is 5.82 Å². The predicted octanol–water partition coefficient (Wildman–Crippen LogP) is 2.90. The zero-order valence-electron chi connectivity index (χ0n) is 8.77. The van der Waals surface area contributed by atoms with Crippen molar-refractivity contribution >= 4 is 5.69 Å². The third kappa shape index (κ3) is 2.11. The number of pyridine rings is 1. The van der Waals surface area contributed by atoms with Crippen LogP contribution >= 0.6 is 0 Å². The predicted molar refractivity (Wildman–Crippen MR) is 59.9 cm³/mol. The van der Waals surface area contributed by atoms with Gasteiger partial charge in [0.05, 0.1) is 5.69 Å². The number of benzene rings is 1. The number of nitrogens with two attached hydrogens (primary N) is 1. The number of nitrogen functional groups attached to an aromatic ring is 1. The van der Waals surface area contributed by atoms with Crippen molar-refractivity contribution in [2.75, 3.05) is 5.73 Å². The van der Waals surface area contributed by atoms with E-state index in [2.05, 4.69) is 4.98 Å². The molecule has 2 N–H and O–H groups in total. The van der Waals surface area contributed by atoms with Gasteiger partial charge in [-0.1, -0.05) is 12.1 Å². The molecule has 0 atom stereocenters. The zero-order valence-corrected chi connectivity index (χ0v) is 8.77. The maximum Gasteiger partial charge on any atom is 0.219 e. The van der Waals surface area contributed by atoms with Crippen LogP contribution in [0.25, 0.3) is 0 Å². The fraction of sp³-hybridized carbons (Fsp3) is 0.0833. The minimum atomic E-state index is -0.497. The van der Waals surface area contributed by atoms with Gasteiger partial charge in [0.25, 0.3) is 0 Å². The van der Waals surface area contributed by atoms with Crippen LogP contribution in [0, 0.1) is 12.7 Å². The van der Waals surface area contributed by atoms with E-state index in [1.165, 1.54) is 12.1 Å². The Morgan fingerprint density at radius 1 is 1.19 bits per heavy atom. The lowest BCUT2D eigenvalue weighted by atomic mass is 10.3. The highest BCUT2D eigenvalue weighted by atomic mass is 19.1. The highest BCUT2D eigenvalue weighted by molar-refractivity contribution is 5.54. The van der Waals surface area contributed by atoms with E-state index in [4.69, 9.17) is 10.5 Å². The molecule has 0 saturated heterocycles. The van der Waals surface area contributed by atoms with Crippen LogP contribution in [0.4, 0.5) is 10.1 Å². The van der Waals surface area contributed by atoms with Crippen molar-refractivity contribution in [2.45, 2.75) is 6.92 Å². The summed E-state index contributed by atoms with van der Waals surface area (Å²) in [6, 6.07) is 9.67. The van der Waals surface area contributed by atoms with Gasteiger partial charge < -0.3 is 10.5 Å². The van der Waals surface area contributed by atoms with E-state index >= 15 is 0 Å². The number of ether oxygens (including phenoxy) is 1. The molecule has 82 valence electrons. The fourth-order valence-electron chi connectivity index (χ4n) is 1.31. The first kappa shape index (κ1) is 10.4. The number of hydrogen-bond acceptors (Lipinski definition) is 3. The molecule has 1 aromatic carbocycles. The zero-order chi connectivity index (χ0) is 11.5. The largest absolute Gasteiger partial charge is 0.434 e. The van der Waals surface area contributed by atoms with Crippen LogP contribution in [-0.4, -0.2) is 4.98 Å². The fourth-order valence-corrected chi connectivity index (χ4v) is 1.31. The van der Waals surface area contributed by atoms with E-state index in [0.29, 0.717) is 5.88 Å². The Morgan fingerprint density at radius 2 is 1.94 bits per heavy atom. The molecule has 0 saturated carbocycles. The number of aromatic nitrogens is 1. The number of hydrogen-bond donors (Lipinski definition) is 1. The summed E-state index contributed by atoms with van der Waals surface area (Å²) >= 11 is 0.